The summed E-state index contributed by atoms with van der Waals surface area (Å²) in [6.45, 7) is 0. The molecule has 1 aliphatic rings. The van der Waals surface area contributed by atoms with E-state index in [0.29, 0.717) is 6.42 Å². The van der Waals surface area contributed by atoms with Crippen molar-refractivity contribution in [2.45, 2.75) is 31.0 Å². The number of aromatic hydroxyl groups is 4. The summed E-state index contributed by atoms with van der Waals surface area (Å²) in [7, 11) is 0. The predicted octanol–water partition coefficient (Wildman–Crippen LogP) is 1.88. The summed E-state index contributed by atoms with van der Waals surface area (Å²) in [5.41, 5.74) is 4.01. The fourth-order valence-electron chi connectivity index (χ4n) is 4.43. The molecule has 3 atom stereocenters. The van der Waals surface area contributed by atoms with Crippen LogP contribution in [0.5, 0.6) is 23.0 Å². The maximum atomic E-state index is 13.0. The van der Waals surface area contributed by atoms with Gasteiger partial charge in [0, 0.05) is 18.0 Å². The minimum Gasteiger partial charge on any atom is -0.508 e. The van der Waals surface area contributed by atoms with Crippen LogP contribution in [0.15, 0.2) is 54.6 Å². The summed E-state index contributed by atoms with van der Waals surface area (Å²) in [6, 6.07) is 9.56. The molecule has 12 nitrogen and oxygen atoms in total. The van der Waals surface area contributed by atoms with Gasteiger partial charge in [-0.05, 0) is 55.0 Å². The van der Waals surface area contributed by atoms with E-state index in [1.54, 1.807) is 0 Å². The van der Waals surface area contributed by atoms with E-state index in [0.717, 1.165) is 24.3 Å². The van der Waals surface area contributed by atoms with E-state index in [1.807, 2.05) is 0 Å². The zero-order chi connectivity index (χ0) is 28.4. The molecule has 1 fully saturated rings. The number of esters is 1. The van der Waals surface area contributed by atoms with Crippen LogP contribution in [0.4, 0.5) is 0 Å². The molecular formula is C27H24N2O10. The number of ether oxygens (including phenoxy) is 1. The van der Waals surface area contributed by atoms with E-state index in [9.17, 15) is 44.7 Å². The maximum absolute atomic E-state index is 13.0. The van der Waals surface area contributed by atoms with E-state index in [4.69, 9.17) is 10.5 Å². The summed E-state index contributed by atoms with van der Waals surface area (Å²) in [5.74, 6) is -6.56. The van der Waals surface area contributed by atoms with Crippen LogP contribution in [0.1, 0.15) is 59.8 Å². The number of benzene rings is 3. The highest BCUT2D eigenvalue weighted by molar-refractivity contribution is 6.18. The van der Waals surface area contributed by atoms with Gasteiger partial charge in [0.15, 0.2) is 0 Å². The topological polar surface area (TPSA) is 217 Å². The Morgan fingerprint density at radius 3 is 2.08 bits per heavy atom. The molecule has 0 aliphatic heterocycles. The second kappa shape index (κ2) is 10.7. The molecule has 3 aromatic carbocycles. The van der Waals surface area contributed by atoms with Crippen molar-refractivity contribution in [3.05, 3.63) is 82.4 Å². The van der Waals surface area contributed by atoms with Gasteiger partial charge in [-0.1, -0.05) is 6.07 Å². The van der Waals surface area contributed by atoms with Gasteiger partial charge in [-0.3, -0.25) is 9.59 Å². The number of carbonyl (C=O) groups is 4. The summed E-state index contributed by atoms with van der Waals surface area (Å²) in [5, 5.41) is 52.5. The molecule has 0 aromatic heterocycles. The molecule has 1 saturated carbocycles. The Hall–Kier alpha value is -5.10. The molecule has 0 unspecified atom stereocenters. The monoisotopic (exact) mass is 536 g/mol. The number of rotatable bonds is 7. The van der Waals surface area contributed by atoms with E-state index in [1.165, 1.54) is 30.3 Å². The van der Waals surface area contributed by atoms with Crippen molar-refractivity contribution in [2.24, 2.45) is 5.73 Å². The van der Waals surface area contributed by atoms with Crippen molar-refractivity contribution in [1.29, 1.82) is 0 Å². The van der Waals surface area contributed by atoms with Crippen molar-refractivity contribution < 1.29 is 49.4 Å². The predicted molar refractivity (Wildman–Crippen MR) is 134 cm³/mol. The highest BCUT2D eigenvalue weighted by Gasteiger charge is 2.37. The molecule has 0 radical (unpaired) electrons. The van der Waals surface area contributed by atoms with Gasteiger partial charge in [-0.2, -0.15) is 0 Å². The van der Waals surface area contributed by atoms with E-state index >= 15 is 0 Å². The molecule has 1 amide bonds. The Kier molecular flexibility index (Phi) is 7.40. The second-order valence-electron chi connectivity index (χ2n) is 9.03. The first-order valence-electron chi connectivity index (χ1n) is 11.7. The van der Waals surface area contributed by atoms with E-state index < -0.39 is 75.8 Å². The van der Waals surface area contributed by atoms with Crippen molar-refractivity contribution in [1.82, 2.24) is 5.32 Å². The van der Waals surface area contributed by atoms with Crippen molar-refractivity contribution in [3.8, 4) is 23.0 Å². The summed E-state index contributed by atoms with van der Waals surface area (Å²) in [6.07, 6.45) is -0.330. The normalized spacial score (nSPS) is 18.3. The zero-order valence-corrected chi connectivity index (χ0v) is 20.2. The number of amides is 1. The molecular weight excluding hydrogens is 512 g/mol. The van der Waals surface area contributed by atoms with Gasteiger partial charge in [0.1, 0.15) is 34.7 Å². The lowest BCUT2D eigenvalue weighted by Gasteiger charge is -2.21. The first kappa shape index (κ1) is 26.9. The molecule has 1 aliphatic carbocycles. The lowest BCUT2D eigenvalue weighted by molar-refractivity contribution is 0.0247. The molecule has 8 N–H and O–H groups in total. The van der Waals surface area contributed by atoms with Gasteiger partial charge in [-0.15, -0.1) is 0 Å². The van der Waals surface area contributed by atoms with Crippen LogP contribution in [0, 0.1) is 0 Å². The molecule has 3 aromatic rings. The number of carboxylic acid groups (broad SMARTS) is 1. The number of aromatic carboxylic acids is 1. The Morgan fingerprint density at radius 2 is 1.46 bits per heavy atom. The number of nitrogens with two attached hydrogens (primary N) is 1. The third kappa shape index (κ3) is 5.60. The van der Waals surface area contributed by atoms with Gasteiger partial charge in [0.05, 0.1) is 22.7 Å². The Bertz CT molecular complexity index is 1440. The third-order valence-corrected chi connectivity index (χ3v) is 6.30. The number of phenols is 4. The first-order chi connectivity index (χ1) is 18.5. The number of hydrogen-bond acceptors (Lipinski definition) is 10. The Morgan fingerprint density at radius 1 is 0.821 bits per heavy atom. The van der Waals surface area contributed by atoms with Gasteiger partial charge in [-0.25, -0.2) is 9.59 Å². The highest BCUT2D eigenvalue weighted by atomic mass is 16.5. The highest BCUT2D eigenvalue weighted by Crippen LogP contribution is 2.35. The lowest BCUT2D eigenvalue weighted by atomic mass is 9.95. The second-order valence-corrected chi connectivity index (χ2v) is 9.03. The fraction of sp³-hybridized carbons (Fsp3) is 0.185. The molecule has 0 bridgehead atoms. The average molecular weight is 536 g/mol. The molecule has 0 spiro atoms. The van der Waals surface area contributed by atoms with Crippen molar-refractivity contribution in [3.63, 3.8) is 0 Å². The number of hydrogen-bond donors (Lipinski definition) is 7. The third-order valence-electron chi connectivity index (χ3n) is 6.30. The van der Waals surface area contributed by atoms with Crippen LogP contribution in [0.25, 0.3) is 0 Å². The summed E-state index contributed by atoms with van der Waals surface area (Å²) < 4.78 is 5.50. The van der Waals surface area contributed by atoms with Gasteiger partial charge in [0.25, 0.3) is 5.91 Å². The summed E-state index contributed by atoms with van der Waals surface area (Å²) >= 11 is 0. The number of carbonyl (C=O) groups excluding carboxylic acids is 3. The molecule has 0 heterocycles. The number of phenolic OH excluding ortho intramolecular Hbond substituents is 4. The quantitative estimate of drug-likeness (QED) is 0.171. The van der Waals surface area contributed by atoms with Crippen LogP contribution < -0.4 is 11.1 Å². The first-order valence-corrected chi connectivity index (χ1v) is 11.7. The standard InChI is InChI=1S/C27H24N2O10/c28-14-10-17(29-25(35)12-4-6-15(30)7-5-12)21(11-14)39-27(38)13-8-19(32)23(20(33)9-13)24(34)22-16(26(36)37)2-1-3-18(22)31/h1-9,14,17,21,30-33H,10-11,28H2,(H,29,35)(H,36,37)/t14-,17-,21-/m1/s1. The fourth-order valence-corrected chi connectivity index (χ4v) is 4.43. The van der Waals surface area contributed by atoms with Crippen molar-refractivity contribution >= 4 is 23.6 Å². The van der Waals surface area contributed by atoms with Gasteiger partial charge < -0.3 is 41.3 Å². The largest absolute Gasteiger partial charge is 0.508 e. The van der Waals surface area contributed by atoms with Gasteiger partial charge >= 0.3 is 11.9 Å². The molecule has 202 valence electrons. The maximum Gasteiger partial charge on any atom is 0.338 e. The molecule has 39 heavy (non-hydrogen) atoms. The number of nitrogens with one attached hydrogen (secondary N) is 1. The lowest BCUT2D eigenvalue weighted by Crippen LogP contribution is -2.42. The van der Waals surface area contributed by atoms with Crippen LogP contribution in [0.3, 0.4) is 0 Å². The van der Waals surface area contributed by atoms with Crippen LogP contribution in [0.2, 0.25) is 0 Å². The minimum absolute atomic E-state index is 0.0108. The Labute approximate surface area is 220 Å². The molecule has 12 heteroatoms. The summed E-state index contributed by atoms with van der Waals surface area (Å²) in [4.78, 5) is 49.9. The van der Waals surface area contributed by atoms with E-state index in [-0.39, 0.29) is 23.3 Å². The average Bonchev–Trinajstić information content (AvgIpc) is 3.21. The molecule has 0 saturated heterocycles. The van der Waals surface area contributed by atoms with Gasteiger partial charge in [0.2, 0.25) is 5.78 Å². The van der Waals surface area contributed by atoms with Crippen LogP contribution >= 0.6 is 0 Å². The van der Waals surface area contributed by atoms with E-state index in [2.05, 4.69) is 5.32 Å². The van der Waals surface area contributed by atoms with Crippen LogP contribution in [-0.4, -0.2) is 67.3 Å². The Balaban J connectivity index is 1.54. The smallest absolute Gasteiger partial charge is 0.338 e. The number of carboxylic acids is 1. The number of ketones is 1. The zero-order valence-electron chi connectivity index (χ0n) is 20.2. The SMILES string of the molecule is N[C@@H]1C[C@@H](NC(=O)c2ccc(O)cc2)[C@H](OC(=O)c2cc(O)c(C(=O)c3c(O)cccc3C(=O)O)c(O)c2)C1. The van der Waals surface area contributed by atoms with Crippen molar-refractivity contribution in [2.75, 3.05) is 0 Å². The van der Waals surface area contributed by atoms with Crippen LogP contribution in [-0.2, 0) is 4.74 Å². The molecule has 4 rings (SSSR count). The minimum atomic E-state index is -1.52.